The number of aliphatic hydroxyl groups is 1. The number of benzene rings is 1. The van der Waals surface area contributed by atoms with Gasteiger partial charge in [0.05, 0.1) is 5.60 Å². The van der Waals surface area contributed by atoms with E-state index < -0.39 is 11.3 Å². The molecule has 4 rings (SSSR count). The highest BCUT2D eigenvalue weighted by atomic mass is 16.3. The number of hydrogen-bond acceptors (Lipinski definition) is 5. The minimum atomic E-state index is -0.807. The number of amides is 1. The molecule has 1 aromatic heterocycles. The van der Waals surface area contributed by atoms with Crippen LogP contribution in [0.2, 0.25) is 0 Å². The number of hydrogen-bond donors (Lipinski definition) is 2. The van der Waals surface area contributed by atoms with E-state index in [1.807, 2.05) is 0 Å². The average Bonchev–Trinajstić information content (AvgIpc) is 2.88. The monoisotopic (exact) mass is 396 g/mol. The third kappa shape index (κ3) is 4.57. The van der Waals surface area contributed by atoms with Crippen molar-refractivity contribution in [3.63, 3.8) is 0 Å². The zero-order valence-corrected chi connectivity index (χ0v) is 16.9. The number of H-pyrrole nitrogens is 1. The molecule has 2 aromatic rings. The second kappa shape index (κ2) is 8.08. The van der Waals surface area contributed by atoms with Crippen molar-refractivity contribution in [1.29, 1.82) is 0 Å². The van der Waals surface area contributed by atoms with Gasteiger partial charge >= 0.3 is 5.69 Å². The molecular weight excluding hydrogens is 368 g/mol. The molecule has 0 bridgehead atoms. The van der Waals surface area contributed by atoms with Crippen LogP contribution < -0.4 is 5.69 Å². The molecule has 0 saturated carbocycles. The van der Waals surface area contributed by atoms with Crippen LogP contribution in [-0.4, -0.2) is 62.6 Å². The van der Waals surface area contributed by atoms with E-state index in [1.165, 1.54) is 11.1 Å². The molecule has 1 amide bonds. The van der Waals surface area contributed by atoms with Gasteiger partial charge in [-0.25, -0.2) is 4.79 Å². The summed E-state index contributed by atoms with van der Waals surface area (Å²) in [5.41, 5.74) is 2.20. The molecule has 0 unspecified atom stereocenters. The third-order valence-electron chi connectivity index (χ3n) is 6.03. The fourth-order valence-electron chi connectivity index (χ4n) is 4.50. The Morgan fingerprint density at radius 2 is 2.00 bits per heavy atom. The zero-order chi connectivity index (χ0) is 20.4. The maximum atomic E-state index is 12.8. The van der Waals surface area contributed by atoms with Gasteiger partial charge in [0.2, 0.25) is 0 Å². The number of nitrogens with zero attached hydrogens (tertiary/aromatic N) is 3. The van der Waals surface area contributed by atoms with Crippen LogP contribution in [0.4, 0.5) is 0 Å². The summed E-state index contributed by atoms with van der Waals surface area (Å²) >= 11 is 0. The number of aromatic nitrogens is 2. The van der Waals surface area contributed by atoms with Crippen LogP contribution in [0.5, 0.6) is 0 Å². The van der Waals surface area contributed by atoms with Crippen LogP contribution in [0, 0.1) is 6.92 Å². The van der Waals surface area contributed by atoms with Crippen LogP contribution in [-0.2, 0) is 13.0 Å². The number of likely N-dealkylation sites (tertiary alicyclic amines) is 1. The highest BCUT2D eigenvalue weighted by Gasteiger charge is 2.34. The Morgan fingerprint density at radius 3 is 2.79 bits per heavy atom. The smallest absolute Gasteiger partial charge is 0.345 e. The van der Waals surface area contributed by atoms with E-state index >= 15 is 0 Å². The summed E-state index contributed by atoms with van der Waals surface area (Å²) < 4.78 is 0. The van der Waals surface area contributed by atoms with Crippen molar-refractivity contribution in [2.45, 2.75) is 44.8 Å². The molecule has 2 N–H and O–H groups in total. The van der Waals surface area contributed by atoms with Gasteiger partial charge in [-0.3, -0.25) is 9.69 Å². The van der Waals surface area contributed by atoms with Crippen LogP contribution >= 0.6 is 0 Å². The van der Waals surface area contributed by atoms with E-state index in [-0.39, 0.29) is 11.6 Å². The third-order valence-corrected chi connectivity index (χ3v) is 6.03. The number of rotatable bonds is 3. The molecule has 0 radical (unpaired) electrons. The van der Waals surface area contributed by atoms with E-state index in [0.29, 0.717) is 38.2 Å². The fraction of sp³-hybridized carbons (Fsp3) is 0.500. The number of nitrogens with one attached hydrogen (secondary N) is 1. The lowest BCUT2D eigenvalue weighted by Crippen LogP contribution is -2.45. The van der Waals surface area contributed by atoms with Gasteiger partial charge in [-0.15, -0.1) is 0 Å². The Morgan fingerprint density at radius 1 is 1.21 bits per heavy atom. The molecule has 1 atom stereocenters. The summed E-state index contributed by atoms with van der Waals surface area (Å²) in [6.07, 6.45) is 2.93. The molecule has 2 aliphatic rings. The van der Waals surface area contributed by atoms with Crippen molar-refractivity contribution in [3.05, 3.63) is 63.3 Å². The van der Waals surface area contributed by atoms with Gasteiger partial charge < -0.3 is 15.0 Å². The maximum absolute atomic E-state index is 12.8. The molecule has 1 fully saturated rings. The average molecular weight is 396 g/mol. The molecule has 2 aliphatic heterocycles. The standard InChI is InChI=1S/C22H28N4O3/c1-16-13-19(24-21(28)23-16)20(27)26-10-4-8-22(29,9-12-26)15-25-11-7-17-5-2-3-6-18(17)14-25/h2-3,5-6,13,29H,4,7-12,14-15H2,1H3,(H,23,24,28)/t22-/m0/s1. The predicted molar refractivity (Wildman–Crippen MR) is 110 cm³/mol. The SMILES string of the molecule is Cc1cc(C(=O)N2CCC[C@@](O)(CN3CCc4ccccc4C3)CC2)nc(=O)[nH]1. The highest BCUT2D eigenvalue weighted by Crippen LogP contribution is 2.27. The number of carbonyl (C=O) groups is 1. The molecule has 1 aromatic carbocycles. The first-order valence-electron chi connectivity index (χ1n) is 10.3. The van der Waals surface area contributed by atoms with E-state index in [2.05, 4.69) is 39.1 Å². The van der Waals surface area contributed by atoms with Crippen molar-refractivity contribution in [2.75, 3.05) is 26.2 Å². The summed E-state index contributed by atoms with van der Waals surface area (Å²) in [5.74, 6) is -0.240. The number of aromatic amines is 1. The van der Waals surface area contributed by atoms with Gasteiger partial charge in [0, 0.05) is 38.4 Å². The van der Waals surface area contributed by atoms with E-state index in [4.69, 9.17) is 0 Å². The Balaban J connectivity index is 1.40. The molecule has 0 aliphatic carbocycles. The molecule has 0 spiro atoms. The second-order valence-electron chi connectivity index (χ2n) is 8.35. The van der Waals surface area contributed by atoms with Gasteiger partial charge in [-0.2, -0.15) is 4.98 Å². The normalized spacial score (nSPS) is 22.8. The summed E-state index contributed by atoms with van der Waals surface area (Å²) in [4.78, 5) is 34.8. The molecule has 154 valence electrons. The number of β-amino-alcohol motifs (C(OH)–C–C–N with tert-alkyl or cyclic N) is 1. The lowest BCUT2D eigenvalue weighted by atomic mass is 9.92. The molecule has 29 heavy (non-hydrogen) atoms. The molecule has 3 heterocycles. The predicted octanol–water partition coefficient (Wildman–Crippen LogP) is 1.49. The first-order chi connectivity index (χ1) is 13.9. The first kappa shape index (κ1) is 19.8. The zero-order valence-electron chi connectivity index (χ0n) is 16.9. The molecule has 1 saturated heterocycles. The number of fused-ring (bicyclic) bond motifs is 1. The number of carbonyl (C=O) groups excluding carboxylic acids is 1. The topological polar surface area (TPSA) is 89.5 Å². The van der Waals surface area contributed by atoms with Crippen LogP contribution in [0.15, 0.2) is 35.1 Å². The van der Waals surface area contributed by atoms with Crippen LogP contribution in [0.3, 0.4) is 0 Å². The fourth-order valence-corrected chi connectivity index (χ4v) is 4.50. The summed E-state index contributed by atoms with van der Waals surface area (Å²) in [6, 6.07) is 10.1. The minimum Gasteiger partial charge on any atom is -0.388 e. The lowest BCUT2D eigenvalue weighted by molar-refractivity contribution is -0.0118. The first-order valence-corrected chi connectivity index (χ1v) is 10.3. The Kier molecular flexibility index (Phi) is 5.52. The Bertz CT molecular complexity index is 957. The van der Waals surface area contributed by atoms with Gasteiger partial charge in [0.15, 0.2) is 0 Å². The summed E-state index contributed by atoms with van der Waals surface area (Å²) in [6.45, 7) is 5.18. The van der Waals surface area contributed by atoms with E-state index in [1.54, 1.807) is 17.9 Å². The second-order valence-corrected chi connectivity index (χ2v) is 8.35. The van der Waals surface area contributed by atoms with Gasteiger partial charge in [-0.05, 0) is 49.8 Å². The van der Waals surface area contributed by atoms with Crippen LogP contribution in [0.25, 0.3) is 0 Å². The van der Waals surface area contributed by atoms with Crippen molar-refractivity contribution in [1.82, 2.24) is 19.8 Å². The van der Waals surface area contributed by atoms with Crippen molar-refractivity contribution >= 4 is 5.91 Å². The van der Waals surface area contributed by atoms with Gasteiger partial charge in [0.25, 0.3) is 5.91 Å². The van der Waals surface area contributed by atoms with Crippen LogP contribution in [0.1, 0.15) is 46.6 Å². The maximum Gasteiger partial charge on any atom is 0.345 e. The Hall–Kier alpha value is -2.51. The largest absolute Gasteiger partial charge is 0.388 e. The van der Waals surface area contributed by atoms with E-state index in [0.717, 1.165) is 25.9 Å². The van der Waals surface area contributed by atoms with E-state index in [9.17, 15) is 14.7 Å². The van der Waals surface area contributed by atoms with Crippen molar-refractivity contribution < 1.29 is 9.90 Å². The van der Waals surface area contributed by atoms with Gasteiger partial charge in [-0.1, -0.05) is 24.3 Å². The molecule has 7 nitrogen and oxygen atoms in total. The van der Waals surface area contributed by atoms with Crippen molar-refractivity contribution in [3.8, 4) is 0 Å². The molecular formula is C22H28N4O3. The summed E-state index contributed by atoms with van der Waals surface area (Å²) in [5, 5.41) is 11.3. The Labute approximate surface area is 170 Å². The van der Waals surface area contributed by atoms with Gasteiger partial charge in [0.1, 0.15) is 5.69 Å². The highest BCUT2D eigenvalue weighted by molar-refractivity contribution is 5.92. The summed E-state index contributed by atoms with van der Waals surface area (Å²) in [7, 11) is 0. The minimum absolute atomic E-state index is 0.171. The number of aryl methyl sites for hydroxylation is 1. The quantitative estimate of drug-likeness (QED) is 0.821. The van der Waals surface area contributed by atoms with Crippen molar-refractivity contribution in [2.24, 2.45) is 0 Å². The molecule has 7 heteroatoms. The lowest BCUT2D eigenvalue weighted by Gasteiger charge is -2.36.